The minimum atomic E-state index is -0.613. The second-order valence-electron chi connectivity index (χ2n) is 9.08. The molecule has 2 unspecified atom stereocenters. The van der Waals surface area contributed by atoms with Crippen molar-refractivity contribution in [3.8, 4) is 0 Å². The van der Waals surface area contributed by atoms with Crippen LogP contribution in [0.2, 0.25) is 10.0 Å². The molecule has 1 amide bonds. The van der Waals surface area contributed by atoms with Gasteiger partial charge >= 0.3 is 0 Å². The Hall–Kier alpha value is -1.81. The lowest BCUT2D eigenvalue weighted by Gasteiger charge is -2.52. The summed E-state index contributed by atoms with van der Waals surface area (Å²) in [5.41, 5.74) is 1.49. The van der Waals surface area contributed by atoms with Crippen molar-refractivity contribution < 1.29 is 9.90 Å². The van der Waals surface area contributed by atoms with Crippen LogP contribution in [0, 0.1) is 5.41 Å². The van der Waals surface area contributed by atoms with E-state index in [1.165, 1.54) is 0 Å². The van der Waals surface area contributed by atoms with Crippen molar-refractivity contribution in [2.24, 2.45) is 5.41 Å². The maximum Gasteiger partial charge on any atom is 0.229 e. The second kappa shape index (κ2) is 10.4. The maximum absolute atomic E-state index is 14.1. The molecular formula is C27H33Cl2NO2. The molecule has 1 fully saturated rings. The van der Waals surface area contributed by atoms with E-state index in [1.54, 1.807) is 0 Å². The molecule has 0 aliphatic carbocycles. The first-order valence-electron chi connectivity index (χ1n) is 11.4. The summed E-state index contributed by atoms with van der Waals surface area (Å²) in [4.78, 5) is 16.0. The van der Waals surface area contributed by atoms with Crippen molar-refractivity contribution >= 4 is 29.1 Å². The van der Waals surface area contributed by atoms with Gasteiger partial charge in [-0.25, -0.2) is 0 Å². The summed E-state index contributed by atoms with van der Waals surface area (Å²) in [5, 5.41) is 12.3. The largest absolute Gasteiger partial charge is 0.391 e. The molecule has 1 saturated heterocycles. The fourth-order valence-corrected chi connectivity index (χ4v) is 5.50. The van der Waals surface area contributed by atoms with Crippen LogP contribution in [0.3, 0.4) is 0 Å². The van der Waals surface area contributed by atoms with Crippen molar-refractivity contribution in [3.63, 3.8) is 0 Å². The van der Waals surface area contributed by atoms with E-state index in [0.29, 0.717) is 35.7 Å². The van der Waals surface area contributed by atoms with Crippen LogP contribution in [0.25, 0.3) is 0 Å². The minimum Gasteiger partial charge on any atom is -0.391 e. The highest BCUT2D eigenvalue weighted by atomic mass is 35.5. The van der Waals surface area contributed by atoms with Crippen LogP contribution in [0.5, 0.6) is 0 Å². The number of aliphatic hydroxyl groups is 1. The predicted octanol–water partition coefficient (Wildman–Crippen LogP) is 7.18. The number of carbonyl (C=O) groups is 1. The number of hydrogen-bond acceptors (Lipinski definition) is 2. The fourth-order valence-electron chi connectivity index (χ4n) is 5.18. The van der Waals surface area contributed by atoms with E-state index >= 15 is 0 Å². The molecule has 3 rings (SSSR count). The van der Waals surface area contributed by atoms with Gasteiger partial charge in [-0.2, -0.15) is 0 Å². The Bertz CT molecular complexity index is 945. The molecule has 5 atom stereocenters. The molecule has 2 aromatic carbocycles. The third-order valence-corrected chi connectivity index (χ3v) is 7.31. The van der Waals surface area contributed by atoms with Gasteiger partial charge in [0, 0.05) is 16.0 Å². The van der Waals surface area contributed by atoms with Crippen LogP contribution in [0.15, 0.2) is 61.2 Å². The SMILES string of the molecule is C=CC[C@@]1(C)C[C@H](c2cccc(Cl)c2)[C@@H](c2ccc(Cl)cc2)N(C(CC)C(O)CC)C1=O. The zero-order valence-corrected chi connectivity index (χ0v) is 20.6. The molecule has 2 aromatic rings. The molecule has 172 valence electrons. The highest BCUT2D eigenvalue weighted by Gasteiger charge is 2.51. The van der Waals surface area contributed by atoms with Gasteiger partial charge in [-0.1, -0.05) is 74.3 Å². The molecule has 0 saturated carbocycles. The van der Waals surface area contributed by atoms with Crippen LogP contribution in [0.1, 0.15) is 69.5 Å². The Morgan fingerprint density at radius 1 is 1.12 bits per heavy atom. The number of piperidine rings is 1. The number of benzene rings is 2. The molecule has 1 aliphatic rings. The lowest BCUT2D eigenvalue weighted by molar-refractivity contribution is -0.158. The molecular weight excluding hydrogens is 441 g/mol. The Morgan fingerprint density at radius 2 is 1.81 bits per heavy atom. The monoisotopic (exact) mass is 473 g/mol. The van der Waals surface area contributed by atoms with Crippen LogP contribution in [-0.2, 0) is 4.79 Å². The first kappa shape index (κ1) is 24.8. The van der Waals surface area contributed by atoms with Crippen molar-refractivity contribution in [3.05, 3.63) is 82.4 Å². The summed E-state index contributed by atoms with van der Waals surface area (Å²) in [7, 11) is 0. The summed E-state index contributed by atoms with van der Waals surface area (Å²) in [5.74, 6) is 0.0746. The third-order valence-electron chi connectivity index (χ3n) is 6.82. The normalized spacial score (nSPS) is 25.4. The number of likely N-dealkylation sites (tertiary alicyclic amines) is 1. The van der Waals surface area contributed by atoms with Gasteiger partial charge in [0.1, 0.15) is 0 Å². The number of nitrogens with zero attached hydrogens (tertiary/aromatic N) is 1. The lowest BCUT2D eigenvalue weighted by atomic mass is 9.67. The van der Waals surface area contributed by atoms with E-state index in [1.807, 2.05) is 74.2 Å². The summed E-state index contributed by atoms with van der Waals surface area (Å²) >= 11 is 12.6. The molecule has 1 N–H and O–H groups in total. The van der Waals surface area contributed by atoms with E-state index in [-0.39, 0.29) is 23.9 Å². The average molecular weight is 474 g/mol. The Kier molecular flexibility index (Phi) is 8.08. The van der Waals surface area contributed by atoms with Crippen LogP contribution >= 0.6 is 23.2 Å². The van der Waals surface area contributed by atoms with Crippen molar-refractivity contribution in [1.29, 1.82) is 0 Å². The average Bonchev–Trinajstić information content (AvgIpc) is 2.77. The standard InChI is InChI=1S/C27H33Cl2NO2/c1-5-15-27(4)17-22(19-9-8-10-21(29)16-19)25(18-11-13-20(28)14-12-18)30(26(27)32)23(6-2)24(31)7-3/h5,8-14,16,22-25,31H,1,6-7,15,17H2,2-4H3/t22-,23?,24?,25-,27+/m1/s1. The van der Waals surface area contributed by atoms with Gasteiger partial charge in [-0.15, -0.1) is 6.58 Å². The van der Waals surface area contributed by atoms with Crippen LogP contribution < -0.4 is 0 Å². The van der Waals surface area contributed by atoms with Crippen molar-refractivity contribution in [2.45, 2.75) is 70.6 Å². The summed E-state index contributed by atoms with van der Waals surface area (Å²) < 4.78 is 0. The van der Waals surface area contributed by atoms with Gasteiger partial charge in [-0.05, 0) is 61.1 Å². The highest BCUT2D eigenvalue weighted by molar-refractivity contribution is 6.30. The number of halogens is 2. The van der Waals surface area contributed by atoms with Gasteiger partial charge in [0.15, 0.2) is 0 Å². The quantitative estimate of drug-likeness (QED) is 0.412. The van der Waals surface area contributed by atoms with E-state index in [2.05, 4.69) is 12.6 Å². The zero-order chi connectivity index (χ0) is 23.5. The van der Waals surface area contributed by atoms with Gasteiger partial charge in [-0.3, -0.25) is 4.79 Å². The van der Waals surface area contributed by atoms with Gasteiger partial charge < -0.3 is 10.0 Å². The summed E-state index contributed by atoms with van der Waals surface area (Å²) in [6, 6.07) is 15.1. The number of allylic oxidation sites excluding steroid dienone is 1. The van der Waals surface area contributed by atoms with Crippen LogP contribution in [-0.4, -0.2) is 28.1 Å². The summed E-state index contributed by atoms with van der Waals surface area (Å²) in [6.07, 6.45) is 3.70. The molecule has 0 radical (unpaired) electrons. The van der Waals surface area contributed by atoms with E-state index < -0.39 is 11.5 Å². The third kappa shape index (κ3) is 4.90. The maximum atomic E-state index is 14.1. The molecule has 3 nitrogen and oxygen atoms in total. The van der Waals surface area contributed by atoms with Crippen LogP contribution in [0.4, 0.5) is 0 Å². The number of carbonyl (C=O) groups excluding carboxylic acids is 1. The first-order chi connectivity index (χ1) is 15.3. The minimum absolute atomic E-state index is 0.00984. The molecule has 1 heterocycles. The second-order valence-corrected chi connectivity index (χ2v) is 9.95. The highest BCUT2D eigenvalue weighted by Crippen LogP contribution is 2.52. The smallest absolute Gasteiger partial charge is 0.229 e. The Morgan fingerprint density at radius 3 is 2.38 bits per heavy atom. The van der Waals surface area contributed by atoms with E-state index in [0.717, 1.165) is 11.1 Å². The van der Waals surface area contributed by atoms with Crippen molar-refractivity contribution in [2.75, 3.05) is 0 Å². The molecule has 0 aromatic heterocycles. The van der Waals surface area contributed by atoms with E-state index in [4.69, 9.17) is 23.2 Å². The van der Waals surface area contributed by atoms with Gasteiger partial charge in [0.05, 0.1) is 23.6 Å². The van der Waals surface area contributed by atoms with Crippen molar-refractivity contribution in [1.82, 2.24) is 4.90 Å². The first-order valence-corrected chi connectivity index (χ1v) is 12.1. The number of hydrogen-bond donors (Lipinski definition) is 1. The van der Waals surface area contributed by atoms with Gasteiger partial charge in [0.25, 0.3) is 0 Å². The topological polar surface area (TPSA) is 40.5 Å². The molecule has 0 bridgehead atoms. The van der Waals surface area contributed by atoms with E-state index in [9.17, 15) is 9.90 Å². The molecule has 32 heavy (non-hydrogen) atoms. The number of amides is 1. The molecule has 5 heteroatoms. The van der Waals surface area contributed by atoms with Gasteiger partial charge in [0.2, 0.25) is 5.91 Å². The molecule has 0 spiro atoms. The lowest BCUT2D eigenvalue weighted by Crippen LogP contribution is -2.58. The number of rotatable bonds is 8. The summed E-state index contributed by atoms with van der Waals surface area (Å²) in [6.45, 7) is 9.92. The number of aliphatic hydroxyl groups excluding tert-OH is 1. The fraction of sp³-hybridized carbons (Fsp3) is 0.444. The zero-order valence-electron chi connectivity index (χ0n) is 19.1. The molecule has 1 aliphatic heterocycles. The Labute approximate surface area is 202 Å². The Balaban J connectivity index is 2.25. The predicted molar refractivity (Wildman–Crippen MR) is 133 cm³/mol.